The molecule has 2 fully saturated rings. The molecule has 0 amide bonds. The van der Waals surface area contributed by atoms with Gasteiger partial charge in [-0.2, -0.15) is 0 Å². The maximum absolute atomic E-state index is 4.73. The molecule has 0 aromatic carbocycles. The minimum Gasteiger partial charge on any atom is -0.353 e. The molecule has 1 aliphatic heterocycles. The Morgan fingerprint density at radius 3 is 2.64 bits per heavy atom. The Bertz CT molecular complexity index is 664. The number of rotatable bonds is 5. The molecule has 4 rings (SSSR count). The number of hydrogen-bond acceptors (Lipinski definition) is 3. The quantitative estimate of drug-likeness (QED) is 0.366. The Labute approximate surface area is 186 Å². The van der Waals surface area contributed by atoms with Gasteiger partial charge in [0.1, 0.15) is 11.6 Å². The second-order valence-corrected chi connectivity index (χ2v) is 8.99. The van der Waals surface area contributed by atoms with Crippen LogP contribution in [0.4, 0.5) is 0 Å². The van der Waals surface area contributed by atoms with Crippen molar-refractivity contribution in [3.05, 3.63) is 11.6 Å². The number of hydrogen-bond donors (Lipinski definition) is 2. The molecule has 28 heavy (non-hydrogen) atoms. The molecular formula is C21H37IN6. The minimum absolute atomic E-state index is 0. The van der Waals surface area contributed by atoms with E-state index in [1.807, 2.05) is 0 Å². The monoisotopic (exact) mass is 500 g/mol. The van der Waals surface area contributed by atoms with Gasteiger partial charge < -0.3 is 15.2 Å². The lowest BCUT2D eigenvalue weighted by Crippen LogP contribution is -2.48. The molecule has 2 N–H and O–H groups in total. The highest BCUT2D eigenvalue weighted by Gasteiger charge is 2.43. The predicted octanol–water partition coefficient (Wildman–Crippen LogP) is 3.86. The van der Waals surface area contributed by atoms with E-state index in [-0.39, 0.29) is 24.0 Å². The van der Waals surface area contributed by atoms with Crippen molar-refractivity contribution in [2.75, 3.05) is 6.54 Å². The number of fused-ring (bicyclic) bond motifs is 1. The van der Waals surface area contributed by atoms with Gasteiger partial charge in [0.25, 0.3) is 0 Å². The summed E-state index contributed by atoms with van der Waals surface area (Å²) >= 11 is 0. The summed E-state index contributed by atoms with van der Waals surface area (Å²) in [5, 5.41) is 16.2. The first-order valence-electron chi connectivity index (χ1n) is 11.1. The van der Waals surface area contributed by atoms with Crippen molar-refractivity contribution in [3.63, 3.8) is 0 Å². The van der Waals surface area contributed by atoms with Gasteiger partial charge in [0.2, 0.25) is 0 Å². The summed E-state index contributed by atoms with van der Waals surface area (Å²) in [6, 6.07) is 1.03. The molecule has 2 heterocycles. The Morgan fingerprint density at radius 2 is 1.93 bits per heavy atom. The molecule has 158 valence electrons. The molecule has 2 saturated carbocycles. The van der Waals surface area contributed by atoms with Crippen molar-refractivity contribution in [3.8, 4) is 0 Å². The van der Waals surface area contributed by atoms with E-state index in [0.717, 1.165) is 55.4 Å². The maximum Gasteiger partial charge on any atom is 0.191 e. The van der Waals surface area contributed by atoms with Crippen molar-refractivity contribution < 1.29 is 0 Å². The van der Waals surface area contributed by atoms with Crippen LogP contribution < -0.4 is 10.6 Å². The van der Waals surface area contributed by atoms with Crippen LogP contribution >= 0.6 is 24.0 Å². The van der Waals surface area contributed by atoms with Gasteiger partial charge in [-0.25, -0.2) is 0 Å². The highest BCUT2D eigenvalue weighted by molar-refractivity contribution is 14.0. The number of nitrogens with one attached hydrogen (secondary N) is 2. The lowest BCUT2D eigenvalue weighted by atomic mass is 9.85. The smallest absolute Gasteiger partial charge is 0.191 e. The van der Waals surface area contributed by atoms with E-state index in [1.165, 1.54) is 38.5 Å². The zero-order chi connectivity index (χ0) is 18.8. The average molecular weight is 500 g/mol. The minimum atomic E-state index is 0. The van der Waals surface area contributed by atoms with Gasteiger partial charge in [-0.1, -0.05) is 46.0 Å². The van der Waals surface area contributed by atoms with Gasteiger partial charge in [-0.3, -0.25) is 4.99 Å². The first-order chi connectivity index (χ1) is 13.2. The molecule has 7 heteroatoms. The normalized spacial score (nSPS) is 27.9. The molecule has 1 aromatic rings. The fourth-order valence-corrected chi connectivity index (χ4v) is 5.02. The van der Waals surface area contributed by atoms with Gasteiger partial charge in [-0.05, 0) is 31.6 Å². The van der Waals surface area contributed by atoms with Crippen LogP contribution in [0.1, 0.15) is 83.3 Å². The fraction of sp³-hybridized carbons (Fsp3) is 0.857. The number of aryl methyl sites for hydroxylation is 1. The van der Waals surface area contributed by atoms with Gasteiger partial charge >= 0.3 is 0 Å². The predicted molar refractivity (Wildman–Crippen MR) is 124 cm³/mol. The Balaban J connectivity index is 0.00000225. The Morgan fingerprint density at radius 1 is 1.14 bits per heavy atom. The molecule has 2 aliphatic carbocycles. The largest absolute Gasteiger partial charge is 0.353 e. The highest BCUT2D eigenvalue weighted by atomic mass is 127. The second-order valence-electron chi connectivity index (χ2n) is 8.99. The topological polar surface area (TPSA) is 67.1 Å². The van der Waals surface area contributed by atoms with Crippen LogP contribution in [-0.2, 0) is 13.0 Å². The van der Waals surface area contributed by atoms with Crippen molar-refractivity contribution in [1.29, 1.82) is 0 Å². The summed E-state index contributed by atoms with van der Waals surface area (Å²) in [6.45, 7) is 8.26. The molecule has 0 radical (unpaired) electrons. The molecule has 0 bridgehead atoms. The molecule has 1 aromatic heterocycles. The van der Waals surface area contributed by atoms with E-state index < -0.39 is 0 Å². The van der Waals surface area contributed by atoms with Crippen molar-refractivity contribution in [1.82, 2.24) is 25.4 Å². The van der Waals surface area contributed by atoms with Gasteiger partial charge in [0.15, 0.2) is 5.96 Å². The van der Waals surface area contributed by atoms with E-state index in [0.29, 0.717) is 18.0 Å². The average Bonchev–Trinajstić information content (AvgIpc) is 3.30. The van der Waals surface area contributed by atoms with Gasteiger partial charge in [0.05, 0.1) is 0 Å². The van der Waals surface area contributed by atoms with Crippen LogP contribution in [0.15, 0.2) is 4.99 Å². The molecule has 3 atom stereocenters. The van der Waals surface area contributed by atoms with Gasteiger partial charge in [0, 0.05) is 37.5 Å². The zero-order valence-corrected chi connectivity index (χ0v) is 20.0. The molecule has 6 nitrogen and oxygen atoms in total. The summed E-state index contributed by atoms with van der Waals surface area (Å²) in [5.41, 5.74) is 0. The van der Waals surface area contributed by atoms with Crippen molar-refractivity contribution in [2.45, 2.75) is 96.7 Å². The molecule has 3 unspecified atom stereocenters. The summed E-state index contributed by atoms with van der Waals surface area (Å²) in [6.07, 6.45) is 10.6. The molecular weight excluding hydrogens is 463 g/mol. The second kappa shape index (κ2) is 9.76. The summed E-state index contributed by atoms with van der Waals surface area (Å²) in [4.78, 5) is 4.73. The van der Waals surface area contributed by atoms with Crippen LogP contribution in [0.2, 0.25) is 0 Å². The van der Waals surface area contributed by atoms with Crippen LogP contribution in [0.5, 0.6) is 0 Å². The number of halogens is 1. The highest BCUT2D eigenvalue weighted by Crippen LogP contribution is 2.44. The summed E-state index contributed by atoms with van der Waals surface area (Å²) in [7, 11) is 0. The Hall–Kier alpha value is -0.860. The number of aromatic nitrogens is 3. The maximum atomic E-state index is 4.73. The third-order valence-corrected chi connectivity index (χ3v) is 6.57. The summed E-state index contributed by atoms with van der Waals surface area (Å²) < 4.78 is 2.32. The van der Waals surface area contributed by atoms with Crippen LogP contribution in [-0.4, -0.2) is 39.4 Å². The van der Waals surface area contributed by atoms with Gasteiger partial charge in [-0.15, -0.1) is 34.2 Å². The number of nitrogens with zero attached hydrogens (tertiary/aromatic N) is 4. The third-order valence-electron chi connectivity index (χ3n) is 6.57. The van der Waals surface area contributed by atoms with Crippen molar-refractivity contribution in [2.24, 2.45) is 16.8 Å². The van der Waals surface area contributed by atoms with Crippen LogP contribution in [0.25, 0.3) is 0 Å². The van der Waals surface area contributed by atoms with Crippen molar-refractivity contribution >= 4 is 29.9 Å². The summed E-state index contributed by atoms with van der Waals surface area (Å²) in [5.74, 6) is 5.48. The van der Waals surface area contributed by atoms with Crippen LogP contribution in [0.3, 0.4) is 0 Å². The SMILES string of the molecule is CCN=C(NC1CCc2nnc(C(C)C)n2C1)NC1CC1C1CCCCC1.I. The lowest BCUT2D eigenvalue weighted by molar-refractivity contribution is 0.315. The standard InChI is InChI=1S/C21H36N6.HI/c1-4-22-21(24-18-12-17(18)15-8-6-5-7-9-15)23-16-10-11-19-25-26-20(14(2)3)27(19)13-16;/h14-18H,4-13H2,1-3H3,(H2,22,23,24);1H. The zero-order valence-electron chi connectivity index (χ0n) is 17.7. The van der Waals surface area contributed by atoms with E-state index >= 15 is 0 Å². The molecule has 0 saturated heterocycles. The fourth-order valence-electron chi connectivity index (χ4n) is 5.02. The number of aliphatic imine (C=N–C) groups is 1. The number of guanidine groups is 1. The first-order valence-corrected chi connectivity index (χ1v) is 11.1. The molecule has 3 aliphatic rings. The Kier molecular flexibility index (Phi) is 7.61. The van der Waals surface area contributed by atoms with E-state index in [9.17, 15) is 0 Å². The van der Waals surface area contributed by atoms with E-state index in [4.69, 9.17) is 4.99 Å². The first kappa shape index (κ1) is 21.8. The lowest BCUT2D eigenvalue weighted by Gasteiger charge is -2.28. The van der Waals surface area contributed by atoms with Crippen LogP contribution in [0, 0.1) is 11.8 Å². The molecule has 0 spiro atoms. The van der Waals surface area contributed by atoms with E-state index in [1.54, 1.807) is 0 Å². The third kappa shape index (κ3) is 5.00. The van der Waals surface area contributed by atoms with E-state index in [2.05, 4.69) is 46.2 Å².